The highest BCUT2D eigenvalue weighted by Gasteiger charge is 2.29. The molecule has 2 aromatic heterocycles. The molecule has 9 heteroatoms. The third-order valence-electron chi connectivity index (χ3n) is 3.94. The minimum atomic E-state index is -3.76. The molecule has 0 aliphatic heterocycles. The van der Waals surface area contributed by atoms with Crippen LogP contribution in [0.3, 0.4) is 0 Å². The quantitative estimate of drug-likeness (QED) is 0.749. The smallest absolute Gasteiger partial charge is 0.246 e. The molecule has 0 unspecified atom stereocenters. The molecule has 1 amide bonds. The molecule has 0 radical (unpaired) electrons. The highest BCUT2D eigenvalue weighted by atomic mass is 32.2. The maximum Gasteiger partial charge on any atom is 0.246 e. The third kappa shape index (κ3) is 4.53. The van der Waals surface area contributed by atoms with Crippen molar-refractivity contribution in [2.24, 2.45) is 5.92 Å². The molecule has 0 aliphatic rings. The molecule has 0 fully saturated rings. The molecule has 8 nitrogen and oxygen atoms in total. The first kappa shape index (κ1) is 20.2. The summed E-state index contributed by atoms with van der Waals surface area (Å²) in [6.45, 7) is 7.96. The topological polar surface area (TPSA) is 97.4 Å². The molecular weight excluding hydrogens is 356 g/mol. The van der Waals surface area contributed by atoms with Crippen molar-refractivity contribution in [1.29, 1.82) is 0 Å². The highest BCUT2D eigenvalue weighted by Crippen LogP contribution is 2.24. The number of aryl methyl sites for hydroxylation is 1. The Morgan fingerprint density at radius 2 is 2.08 bits per heavy atom. The largest absolute Gasteiger partial charge is 0.468 e. The van der Waals surface area contributed by atoms with Gasteiger partial charge in [-0.2, -0.15) is 9.40 Å². The Morgan fingerprint density at radius 3 is 2.65 bits per heavy atom. The van der Waals surface area contributed by atoms with Gasteiger partial charge in [-0.05, 0) is 31.9 Å². The highest BCUT2D eigenvalue weighted by molar-refractivity contribution is 7.89. The van der Waals surface area contributed by atoms with Crippen molar-refractivity contribution in [3.8, 4) is 0 Å². The lowest BCUT2D eigenvalue weighted by Crippen LogP contribution is -2.31. The minimum Gasteiger partial charge on any atom is -0.468 e. The first-order valence-corrected chi connectivity index (χ1v) is 9.86. The van der Waals surface area contributed by atoms with Gasteiger partial charge in [0.15, 0.2) is 0 Å². The van der Waals surface area contributed by atoms with Gasteiger partial charge in [-0.3, -0.25) is 9.48 Å². The molecule has 0 aromatic carbocycles. The van der Waals surface area contributed by atoms with Crippen molar-refractivity contribution in [2.45, 2.75) is 45.7 Å². The van der Waals surface area contributed by atoms with E-state index in [1.165, 1.54) is 22.3 Å². The van der Waals surface area contributed by atoms with Crippen molar-refractivity contribution >= 4 is 15.9 Å². The monoisotopic (exact) mass is 382 g/mol. The number of hydrogen-bond donors (Lipinski definition) is 1. The number of hydrogen-bond acceptors (Lipinski definition) is 5. The fraction of sp³-hybridized carbons (Fsp3) is 0.529. The molecule has 0 aliphatic carbocycles. The third-order valence-corrected chi connectivity index (χ3v) is 6.00. The van der Waals surface area contributed by atoms with Crippen LogP contribution in [-0.2, 0) is 27.9 Å². The zero-order valence-electron chi connectivity index (χ0n) is 15.8. The zero-order valence-corrected chi connectivity index (χ0v) is 16.6. The number of aromatic nitrogens is 2. The van der Waals surface area contributed by atoms with Crippen molar-refractivity contribution in [1.82, 2.24) is 19.4 Å². The fourth-order valence-corrected chi connectivity index (χ4v) is 4.08. The van der Waals surface area contributed by atoms with Crippen molar-refractivity contribution < 1.29 is 17.6 Å². The summed E-state index contributed by atoms with van der Waals surface area (Å²) in [6, 6.07) is 3.42. The summed E-state index contributed by atoms with van der Waals surface area (Å²) in [6.07, 6.45) is 1.50. The molecule has 0 bridgehead atoms. The number of sulfonamides is 1. The Morgan fingerprint density at radius 1 is 1.38 bits per heavy atom. The number of carbonyl (C=O) groups is 1. The van der Waals surface area contributed by atoms with E-state index in [9.17, 15) is 13.2 Å². The molecule has 2 heterocycles. The molecule has 2 aromatic rings. The van der Waals surface area contributed by atoms with Crippen molar-refractivity contribution in [3.63, 3.8) is 0 Å². The van der Waals surface area contributed by atoms with Crippen LogP contribution in [0.2, 0.25) is 0 Å². The summed E-state index contributed by atoms with van der Waals surface area (Å²) in [5.41, 5.74) is 0.805. The Bertz CT molecular complexity index is 854. The van der Waals surface area contributed by atoms with Crippen LogP contribution in [0.5, 0.6) is 0 Å². The molecule has 2 rings (SSSR count). The van der Waals surface area contributed by atoms with Gasteiger partial charge in [-0.1, -0.05) is 13.8 Å². The normalized spacial score (nSPS) is 12.1. The van der Waals surface area contributed by atoms with Gasteiger partial charge in [-0.15, -0.1) is 0 Å². The molecule has 26 heavy (non-hydrogen) atoms. The number of amides is 1. The molecule has 0 spiro atoms. The first-order chi connectivity index (χ1) is 12.1. The first-order valence-electron chi connectivity index (χ1n) is 8.42. The van der Waals surface area contributed by atoms with Crippen molar-refractivity contribution in [2.75, 3.05) is 13.6 Å². The summed E-state index contributed by atoms with van der Waals surface area (Å²) < 4.78 is 33.8. The average Bonchev–Trinajstić information content (AvgIpc) is 3.14. The predicted molar refractivity (Wildman–Crippen MR) is 96.9 cm³/mol. The molecule has 0 saturated heterocycles. The SMILES string of the molecule is Cc1nn(CC(=O)NCC(C)C)c(C)c1S(=O)(=O)N(C)Cc1ccco1. The van der Waals surface area contributed by atoms with Gasteiger partial charge >= 0.3 is 0 Å². The van der Waals surface area contributed by atoms with E-state index in [1.54, 1.807) is 26.0 Å². The lowest BCUT2D eigenvalue weighted by atomic mass is 10.2. The number of carbonyl (C=O) groups excluding carboxylic acids is 1. The van der Waals surface area contributed by atoms with E-state index in [2.05, 4.69) is 10.4 Å². The minimum absolute atomic E-state index is 0.0171. The Balaban J connectivity index is 2.21. The van der Waals surface area contributed by atoms with Crippen LogP contribution < -0.4 is 5.32 Å². The van der Waals surface area contributed by atoms with Crippen LogP contribution in [-0.4, -0.2) is 42.0 Å². The Hall–Kier alpha value is -2.13. The van der Waals surface area contributed by atoms with Crippen LogP contribution in [0.4, 0.5) is 0 Å². The fourth-order valence-electron chi connectivity index (χ4n) is 2.58. The van der Waals surface area contributed by atoms with Crippen molar-refractivity contribution in [3.05, 3.63) is 35.5 Å². The molecule has 144 valence electrons. The van der Waals surface area contributed by atoms with Crippen LogP contribution in [0.25, 0.3) is 0 Å². The Kier molecular flexibility index (Phi) is 6.25. The van der Waals surface area contributed by atoms with Gasteiger partial charge in [0.25, 0.3) is 0 Å². The van der Waals surface area contributed by atoms with E-state index < -0.39 is 10.0 Å². The van der Waals surface area contributed by atoms with E-state index in [0.717, 1.165) is 0 Å². The molecular formula is C17H26N4O4S. The van der Waals surface area contributed by atoms with Crippen LogP contribution >= 0.6 is 0 Å². The molecule has 0 saturated carbocycles. The number of furan rings is 1. The summed E-state index contributed by atoms with van der Waals surface area (Å²) >= 11 is 0. The second-order valence-electron chi connectivity index (χ2n) is 6.70. The van der Waals surface area contributed by atoms with Gasteiger partial charge in [-0.25, -0.2) is 8.42 Å². The summed E-state index contributed by atoms with van der Waals surface area (Å²) in [4.78, 5) is 12.2. The summed E-state index contributed by atoms with van der Waals surface area (Å²) in [5, 5.41) is 7.06. The second-order valence-corrected chi connectivity index (χ2v) is 8.68. The van der Waals surface area contributed by atoms with Gasteiger partial charge in [0.1, 0.15) is 17.2 Å². The van der Waals surface area contributed by atoms with Gasteiger partial charge in [0.05, 0.1) is 24.2 Å². The standard InChI is InChI=1S/C17H26N4O4S/c1-12(2)9-18-16(22)11-21-14(4)17(13(3)19-21)26(23,24)20(5)10-15-7-6-8-25-15/h6-8,12H,9-11H2,1-5H3,(H,18,22). The van der Waals surface area contributed by atoms with Gasteiger partial charge in [0.2, 0.25) is 15.9 Å². The van der Waals surface area contributed by atoms with Crippen LogP contribution in [0.15, 0.2) is 27.7 Å². The lowest BCUT2D eigenvalue weighted by molar-refractivity contribution is -0.122. The molecule has 0 atom stereocenters. The predicted octanol–water partition coefficient (Wildman–Crippen LogP) is 1.69. The number of nitrogens with one attached hydrogen (secondary N) is 1. The maximum absolute atomic E-state index is 12.9. The van der Waals surface area contributed by atoms with E-state index in [0.29, 0.717) is 29.6 Å². The van der Waals surface area contributed by atoms with Gasteiger partial charge < -0.3 is 9.73 Å². The summed E-state index contributed by atoms with van der Waals surface area (Å²) in [7, 11) is -2.27. The van der Waals surface area contributed by atoms with Crippen LogP contribution in [0, 0.1) is 19.8 Å². The van der Waals surface area contributed by atoms with E-state index in [4.69, 9.17) is 4.42 Å². The lowest BCUT2D eigenvalue weighted by Gasteiger charge is -2.16. The van der Waals surface area contributed by atoms with E-state index in [1.807, 2.05) is 13.8 Å². The second kappa shape index (κ2) is 8.05. The number of nitrogens with zero attached hydrogens (tertiary/aromatic N) is 3. The summed E-state index contributed by atoms with van der Waals surface area (Å²) in [5.74, 6) is 0.689. The van der Waals surface area contributed by atoms with Gasteiger partial charge in [0, 0.05) is 13.6 Å². The Labute approximate surface area is 154 Å². The zero-order chi connectivity index (χ0) is 19.5. The van der Waals surface area contributed by atoms with E-state index >= 15 is 0 Å². The average molecular weight is 382 g/mol. The number of rotatable bonds is 8. The molecule has 1 N–H and O–H groups in total. The van der Waals surface area contributed by atoms with Crippen LogP contribution in [0.1, 0.15) is 31.0 Å². The maximum atomic E-state index is 12.9. The van der Waals surface area contributed by atoms with E-state index in [-0.39, 0.29) is 23.9 Å².